The second-order valence-electron chi connectivity index (χ2n) is 6.70. The molecule has 2 fully saturated rings. The van der Waals surface area contributed by atoms with Crippen LogP contribution in [-0.4, -0.2) is 68.0 Å². The van der Waals surface area contributed by atoms with Gasteiger partial charge in [-0.25, -0.2) is 0 Å². The first-order chi connectivity index (χ1) is 12.1. The molecule has 0 saturated carbocycles. The van der Waals surface area contributed by atoms with Crippen LogP contribution in [0.5, 0.6) is 5.75 Å². The zero-order valence-corrected chi connectivity index (χ0v) is 15.1. The van der Waals surface area contributed by atoms with Crippen molar-refractivity contribution in [1.29, 1.82) is 0 Å². The minimum Gasteiger partial charge on any atom is -0.497 e. The van der Waals surface area contributed by atoms with Crippen LogP contribution in [0.15, 0.2) is 24.3 Å². The van der Waals surface area contributed by atoms with E-state index >= 15 is 0 Å². The lowest BCUT2D eigenvalue weighted by Crippen LogP contribution is -2.40. The minimum atomic E-state index is -0.167. The van der Waals surface area contributed by atoms with Crippen molar-refractivity contribution in [1.82, 2.24) is 9.80 Å². The number of rotatable bonds is 4. The SMILES string of the molecule is CCN1CC(C(=O)N2CCCN(c3ccc(OC)cc3)CC2)CC1=O. The molecular weight excluding hydrogens is 318 g/mol. The van der Waals surface area contributed by atoms with Crippen molar-refractivity contribution < 1.29 is 14.3 Å². The fourth-order valence-electron chi connectivity index (χ4n) is 3.69. The van der Waals surface area contributed by atoms with Crippen molar-refractivity contribution in [3.63, 3.8) is 0 Å². The first-order valence-electron chi connectivity index (χ1n) is 9.08. The molecule has 0 spiro atoms. The molecule has 2 aliphatic rings. The van der Waals surface area contributed by atoms with Crippen molar-refractivity contribution in [2.45, 2.75) is 19.8 Å². The van der Waals surface area contributed by atoms with E-state index in [1.165, 1.54) is 0 Å². The van der Waals surface area contributed by atoms with Crippen LogP contribution in [0.2, 0.25) is 0 Å². The monoisotopic (exact) mass is 345 g/mol. The predicted molar refractivity (Wildman–Crippen MR) is 96.8 cm³/mol. The number of nitrogens with zero attached hydrogens (tertiary/aromatic N) is 3. The van der Waals surface area contributed by atoms with Crippen LogP contribution in [0.4, 0.5) is 5.69 Å². The highest BCUT2D eigenvalue weighted by atomic mass is 16.5. The maximum Gasteiger partial charge on any atom is 0.228 e. The van der Waals surface area contributed by atoms with E-state index in [4.69, 9.17) is 4.74 Å². The standard InChI is InChI=1S/C19H27N3O3/c1-3-20-14-15(13-18(20)23)19(24)22-10-4-9-21(11-12-22)16-5-7-17(25-2)8-6-16/h5-8,15H,3-4,9-14H2,1-2H3. The van der Waals surface area contributed by atoms with Crippen LogP contribution < -0.4 is 9.64 Å². The van der Waals surface area contributed by atoms with Gasteiger partial charge >= 0.3 is 0 Å². The second kappa shape index (κ2) is 7.76. The fraction of sp³-hybridized carbons (Fsp3) is 0.579. The number of ether oxygens (including phenoxy) is 1. The molecule has 1 aromatic rings. The van der Waals surface area contributed by atoms with Crippen LogP contribution in [0.1, 0.15) is 19.8 Å². The summed E-state index contributed by atoms with van der Waals surface area (Å²) in [6.45, 7) is 6.45. The molecule has 0 radical (unpaired) electrons. The third-order valence-electron chi connectivity index (χ3n) is 5.19. The molecule has 6 nitrogen and oxygen atoms in total. The van der Waals surface area contributed by atoms with Gasteiger partial charge in [-0.3, -0.25) is 9.59 Å². The average molecular weight is 345 g/mol. The molecule has 1 atom stereocenters. The van der Waals surface area contributed by atoms with Gasteiger partial charge in [-0.15, -0.1) is 0 Å². The first kappa shape index (κ1) is 17.6. The Morgan fingerprint density at radius 3 is 2.56 bits per heavy atom. The van der Waals surface area contributed by atoms with Crippen LogP contribution >= 0.6 is 0 Å². The molecule has 136 valence electrons. The largest absolute Gasteiger partial charge is 0.497 e. The Morgan fingerprint density at radius 2 is 1.92 bits per heavy atom. The lowest BCUT2D eigenvalue weighted by molar-refractivity contribution is -0.135. The molecule has 1 aromatic carbocycles. The van der Waals surface area contributed by atoms with Crippen LogP contribution in [0.25, 0.3) is 0 Å². The Balaban J connectivity index is 1.59. The number of methoxy groups -OCH3 is 1. The number of hydrogen-bond donors (Lipinski definition) is 0. The van der Waals surface area contributed by atoms with Crippen molar-refractivity contribution in [3.8, 4) is 5.75 Å². The molecule has 6 heteroatoms. The highest BCUT2D eigenvalue weighted by Crippen LogP contribution is 2.23. The third kappa shape index (κ3) is 3.89. The summed E-state index contributed by atoms with van der Waals surface area (Å²) in [6.07, 6.45) is 1.31. The van der Waals surface area contributed by atoms with E-state index in [1.54, 1.807) is 12.0 Å². The van der Waals surface area contributed by atoms with E-state index in [9.17, 15) is 9.59 Å². The number of amides is 2. The van der Waals surface area contributed by atoms with E-state index in [2.05, 4.69) is 17.0 Å². The molecular formula is C19H27N3O3. The Labute approximate surface area is 149 Å². The lowest BCUT2D eigenvalue weighted by atomic mass is 10.1. The summed E-state index contributed by atoms with van der Waals surface area (Å²) in [6, 6.07) is 8.05. The van der Waals surface area contributed by atoms with E-state index in [0.717, 1.165) is 37.5 Å². The first-order valence-corrected chi connectivity index (χ1v) is 9.08. The number of carbonyl (C=O) groups excluding carboxylic acids is 2. The van der Waals surface area contributed by atoms with Crippen molar-refractivity contribution >= 4 is 17.5 Å². The summed E-state index contributed by atoms with van der Waals surface area (Å²) in [5.74, 6) is 0.929. The molecule has 0 bridgehead atoms. The maximum absolute atomic E-state index is 12.8. The van der Waals surface area contributed by atoms with Gasteiger partial charge in [-0.05, 0) is 37.6 Å². The quantitative estimate of drug-likeness (QED) is 0.832. The number of anilines is 1. The second-order valence-corrected chi connectivity index (χ2v) is 6.70. The van der Waals surface area contributed by atoms with Gasteiger partial charge in [0.1, 0.15) is 5.75 Å². The molecule has 0 N–H and O–H groups in total. The predicted octanol–water partition coefficient (Wildman–Crippen LogP) is 1.60. The van der Waals surface area contributed by atoms with Gasteiger partial charge in [-0.2, -0.15) is 0 Å². The molecule has 3 rings (SSSR count). The minimum absolute atomic E-state index is 0.107. The van der Waals surface area contributed by atoms with Crippen molar-refractivity contribution in [2.75, 3.05) is 51.3 Å². The molecule has 0 aliphatic carbocycles. The highest BCUT2D eigenvalue weighted by Gasteiger charge is 2.36. The molecule has 2 saturated heterocycles. The highest BCUT2D eigenvalue weighted by molar-refractivity contribution is 5.89. The van der Waals surface area contributed by atoms with Crippen LogP contribution in [-0.2, 0) is 9.59 Å². The summed E-state index contributed by atoms with van der Waals surface area (Å²) >= 11 is 0. The third-order valence-corrected chi connectivity index (χ3v) is 5.19. The van der Waals surface area contributed by atoms with Crippen molar-refractivity contribution in [2.24, 2.45) is 5.92 Å². The number of carbonyl (C=O) groups is 2. The van der Waals surface area contributed by atoms with E-state index in [-0.39, 0.29) is 17.7 Å². The molecule has 2 aliphatic heterocycles. The smallest absolute Gasteiger partial charge is 0.228 e. The number of likely N-dealkylation sites (tertiary alicyclic amines) is 1. The Kier molecular flexibility index (Phi) is 5.46. The van der Waals surface area contributed by atoms with Gasteiger partial charge in [0.05, 0.1) is 13.0 Å². The fourth-order valence-corrected chi connectivity index (χ4v) is 3.69. The van der Waals surface area contributed by atoms with Gasteiger partial charge in [0.15, 0.2) is 0 Å². The summed E-state index contributed by atoms with van der Waals surface area (Å²) in [5.41, 5.74) is 1.16. The van der Waals surface area contributed by atoms with Gasteiger partial charge in [0, 0.05) is 51.4 Å². The molecule has 2 amide bonds. The van der Waals surface area contributed by atoms with Gasteiger partial charge in [-0.1, -0.05) is 0 Å². The Bertz CT molecular complexity index is 617. The van der Waals surface area contributed by atoms with E-state index in [1.807, 2.05) is 24.0 Å². The normalized spacial score (nSPS) is 21.4. The van der Waals surface area contributed by atoms with E-state index in [0.29, 0.717) is 26.1 Å². The maximum atomic E-state index is 12.8. The Hall–Kier alpha value is -2.24. The number of benzene rings is 1. The zero-order valence-electron chi connectivity index (χ0n) is 15.1. The summed E-state index contributed by atoms with van der Waals surface area (Å²) < 4.78 is 5.21. The molecule has 1 unspecified atom stereocenters. The summed E-state index contributed by atoms with van der Waals surface area (Å²) in [5, 5.41) is 0. The van der Waals surface area contributed by atoms with Gasteiger partial charge in [0.2, 0.25) is 11.8 Å². The summed E-state index contributed by atoms with van der Waals surface area (Å²) in [4.78, 5) is 30.7. The summed E-state index contributed by atoms with van der Waals surface area (Å²) in [7, 11) is 1.66. The molecule has 2 heterocycles. The van der Waals surface area contributed by atoms with Crippen LogP contribution in [0.3, 0.4) is 0 Å². The topological polar surface area (TPSA) is 53.1 Å². The van der Waals surface area contributed by atoms with Gasteiger partial charge in [0.25, 0.3) is 0 Å². The van der Waals surface area contributed by atoms with Gasteiger partial charge < -0.3 is 19.4 Å². The van der Waals surface area contributed by atoms with Crippen LogP contribution in [0, 0.1) is 5.92 Å². The van der Waals surface area contributed by atoms with E-state index < -0.39 is 0 Å². The Morgan fingerprint density at radius 1 is 1.16 bits per heavy atom. The molecule has 25 heavy (non-hydrogen) atoms. The average Bonchev–Trinajstić information content (AvgIpc) is 2.86. The van der Waals surface area contributed by atoms with Crippen molar-refractivity contribution in [3.05, 3.63) is 24.3 Å². The zero-order chi connectivity index (χ0) is 17.8. The lowest BCUT2D eigenvalue weighted by Gasteiger charge is -2.25. The molecule has 0 aromatic heterocycles. The number of hydrogen-bond acceptors (Lipinski definition) is 4.